The number of nitrogens with one attached hydrogen (secondary N) is 1. The zero-order valence-electron chi connectivity index (χ0n) is 8.97. The summed E-state index contributed by atoms with van der Waals surface area (Å²) in [5.41, 5.74) is 0.510. The molecule has 2 aromatic rings. The van der Waals surface area contributed by atoms with Gasteiger partial charge in [0, 0.05) is 13.2 Å². The zero-order chi connectivity index (χ0) is 11.5. The maximum atomic E-state index is 11.7. The van der Waals surface area contributed by atoms with Crippen molar-refractivity contribution in [2.45, 2.75) is 13.3 Å². The third kappa shape index (κ3) is 2.25. The van der Waals surface area contributed by atoms with Crippen LogP contribution in [0.1, 0.15) is 22.3 Å². The lowest BCUT2D eigenvalue weighted by atomic mass is 10.3. The summed E-state index contributed by atoms with van der Waals surface area (Å²) in [6.07, 6.45) is 3.98. The zero-order valence-corrected chi connectivity index (χ0v) is 9.78. The lowest BCUT2D eigenvalue weighted by molar-refractivity contribution is 0.102. The Morgan fingerprint density at radius 3 is 2.94 bits per heavy atom. The van der Waals surface area contributed by atoms with Crippen LogP contribution in [0.4, 0.5) is 5.13 Å². The molecule has 2 rings (SSSR count). The van der Waals surface area contributed by atoms with Crippen LogP contribution in [-0.4, -0.2) is 25.9 Å². The molecule has 7 heteroatoms. The molecule has 0 saturated carbocycles. The fourth-order valence-electron chi connectivity index (χ4n) is 1.15. The third-order valence-electron chi connectivity index (χ3n) is 1.96. The minimum absolute atomic E-state index is 0.216. The van der Waals surface area contributed by atoms with Crippen LogP contribution in [0.3, 0.4) is 0 Å². The van der Waals surface area contributed by atoms with Crippen molar-refractivity contribution < 1.29 is 4.79 Å². The van der Waals surface area contributed by atoms with Crippen LogP contribution in [0.25, 0.3) is 0 Å². The van der Waals surface area contributed by atoms with Crippen LogP contribution >= 0.6 is 11.3 Å². The van der Waals surface area contributed by atoms with E-state index in [2.05, 4.69) is 20.6 Å². The van der Waals surface area contributed by atoms with Gasteiger partial charge in [-0.25, -0.2) is 0 Å². The highest BCUT2D eigenvalue weighted by Gasteiger charge is 2.10. The van der Waals surface area contributed by atoms with E-state index < -0.39 is 0 Å². The summed E-state index contributed by atoms with van der Waals surface area (Å²) in [7, 11) is 1.76. The second-order valence-corrected chi connectivity index (χ2v) is 4.27. The van der Waals surface area contributed by atoms with Gasteiger partial charge in [-0.15, -0.1) is 10.2 Å². The number of aryl methyl sites for hydroxylation is 2. The van der Waals surface area contributed by atoms with Crippen molar-refractivity contribution in [1.82, 2.24) is 20.0 Å². The monoisotopic (exact) mass is 237 g/mol. The standard InChI is InChI=1S/C9H11N5OS/c1-3-7-12-13-9(16-7)11-8(15)6-4-10-14(2)5-6/h4-5H,3H2,1-2H3,(H,11,13,15). The van der Waals surface area contributed by atoms with Gasteiger partial charge in [0.1, 0.15) is 5.01 Å². The first-order chi connectivity index (χ1) is 7.69. The van der Waals surface area contributed by atoms with Crippen molar-refractivity contribution in [3.05, 3.63) is 23.0 Å². The molecule has 84 valence electrons. The van der Waals surface area contributed by atoms with Gasteiger partial charge in [0.25, 0.3) is 5.91 Å². The molecule has 0 aliphatic rings. The largest absolute Gasteiger partial charge is 0.296 e. The average molecular weight is 237 g/mol. The molecule has 2 aromatic heterocycles. The number of anilines is 1. The predicted molar refractivity (Wildman–Crippen MR) is 60.4 cm³/mol. The second-order valence-electron chi connectivity index (χ2n) is 3.21. The highest BCUT2D eigenvalue weighted by atomic mass is 32.1. The van der Waals surface area contributed by atoms with E-state index in [4.69, 9.17) is 0 Å². The molecule has 6 nitrogen and oxygen atoms in total. The first-order valence-electron chi connectivity index (χ1n) is 4.81. The SMILES string of the molecule is CCc1nnc(NC(=O)c2cnn(C)c2)s1. The molecule has 1 N–H and O–H groups in total. The summed E-state index contributed by atoms with van der Waals surface area (Å²) in [4.78, 5) is 11.7. The van der Waals surface area contributed by atoms with E-state index >= 15 is 0 Å². The number of rotatable bonds is 3. The fraction of sp³-hybridized carbons (Fsp3) is 0.333. The molecule has 16 heavy (non-hydrogen) atoms. The van der Waals surface area contributed by atoms with Gasteiger partial charge in [-0.3, -0.25) is 14.8 Å². The molecule has 0 aromatic carbocycles. The molecule has 0 bridgehead atoms. The van der Waals surface area contributed by atoms with E-state index in [9.17, 15) is 4.79 Å². The summed E-state index contributed by atoms with van der Waals surface area (Å²) in [5.74, 6) is -0.216. The maximum absolute atomic E-state index is 11.7. The predicted octanol–water partition coefficient (Wildman–Crippen LogP) is 1.09. The molecule has 0 atom stereocenters. The van der Waals surface area contributed by atoms with Crippen molar-refractivity contribution >= 4 is 22.4 Å². The maximum Gasteiger partial charge on any atom is 0.260 e. The molecule has 0 saturated heterocycles. The van der Waals surface area contributed by atoms with Gasteiger partial charge < -0.3 is 0 Å². The van der Waals surface area contributed by atoms with Crippen molar-refractivity contribution in [1.29, 1.82) is 0 Å². The topological polar surface area (TPSA) is 72.7 Å². The first-order valence-corrected chi connectivity index (χ1v) is 5.63. The van der Waals surface area contributed by atoms with E-state index in [1.54, 1.807) is 17.9 Å². The molecule has 0 aliphatic carbocycles. The average Bonchev–Trinajstić information content (AvgIpc) is 2.87. The Morgan fingerprint density at radius 1 is 1.56 bits per heavy atom. The Labute approximate surface area is 96.3 Å². The van der Waals surface area contributed by atoms with E-state index in [1.165, 1.54) is 17.5 Å². The molecule has 0 aliphatic heterocycles. The van der Waals surface area contributed by atoms with Gasteiger partial charge in [0.15, 0.2) is 0 Å². The molecule has 1 amide bonds. The number of amides is 1. The van der Waals surface area contributed by atoms with Crippen LogP contribution in [0, 0.1) is 0 Å². The van der Waals surface area contributed by atoms with E-state index in [0.29, 0.717) is 10.7 Å². The summed E-state index contributed by atoms with van der Waals surface area (Å²) < 4.78 is 1.58. The number of carbonyl (C=O) groups excluding carboxylic acids is 1. The van der Waals surface area contributed by atoms with Gasteiger partial charge in [-0.2, -0.15) is 5.10 Å². The van der Waals surface area contributed by atoms with Gasteiger partial charge in [-0.05, 0) is 6.42 Å². The third-order valence-corrected chi connectivity index (χ3v) is 2.94. The number of nitrogens with zero attached hydrogens (tertiary/aromatic N) is 4. The lowest BCUT2D eigenvalue weighted by Gasteiger charge is -1.95. The molecule has 0 spiro atoms. The summed E-state index contributed by atoms with van der Waals surface area (Å²) in [5, 5.41) is 15.8. The van der Waals surface area contributed by atoms with E-state index in [-0.39, 0.29) is 5.91 Å². The van der Waals surface area contributed by atoms with Gasteiger partial charge >= 0.3 is 0 Å². The van der Waals surface area contributed by atoms with Crippen LogP contribution in [0.15, 0.2) is 12.4 Å². The highest BCUT2D eigenvalue weighted by Crippen LogP contribution is 2.16. The van der Waals surface area contributed by atoms with Crippen LogP contribution in [-0.2, 0) is 13.5 Å². The number of hydrogen-bond donors (Lipinski definition) is 1. The normalized spacial score (nSPS) is 10.4. The quantitative estimate of drug-likeness (QED) is 0.867. The van der Waals surface area contributed by atoms with Crippen molar-refractivity contribution in [2.75, 3.05) is 5.32 Å². The van der Waals surface area contributed by atoms with Crippen molar-refractivity contribution in [3.63, 3.8) is 0 Å². The Hall–Kier alpha value is -1.76. The van der Waals surface area contributed by atoms with E-state index in [0.717, 1.165) is 11.4 Å². The minimum atomic E-state index is -0.216. The second kappa shape index (κ2) is 4.40. The van der Waals surface area contributed by atoms with Gasteiger partial charge in [-0.1, -0.05) is 18.3 Å². The van der Waals surface area contributed by atoms with E-state index in [1.807, 2.05) is 6.92 Å². The first kappa shape index (κ1) is 10.7. The molecular weight excluding hydrogens is 226 g/mol. The molecule has 0 unspecified atom stereocenters. The Balaban J connectivity index is 2.07. The summed E-state index contributed by atoms with van der Waals surface area (Å²) in [6, 6.07) is 0. The van der Waals surface area contributed by atoms with Crippen LogP contribution in [0.5, 0.6) is 0 Å². The number of aromatic nitrogens is 4. The van der Waals surface area contributed by atoms with Gasteiger partial charge in [0.2, 0.25) is 5.13 Å². The molecule has 2 heterocycles. The Kier molecular flexibility index (Phi) is 2.95. The number of carbonyl (C=O) groups is 1. The molecule has 0 radical (unpaired) electrons. The van der Waals surface area contributed by atoms with Crippen LogP contribution in [0.2, 0.25) is 0 Å². The molecular formula is C9H11N5OS. The highest BCUT2D eigenvalue weighted by molar-refractivity contribution is 7.15. The lowest BCUT2D eigenvalue weighted by Crippen LogP contribution is -2.10. The molecule has 0 fully saturated rings. The van der Waals surface area contributed by atoms with Crippen molar-refractivity contribution in [3.8, 4) is 0 Å². The number of hydrogen-bond acceptors (Lipinski definition) is 5. The fourth-order valence-corrected chi connectivity index (χ4v) is 1.83. The summed E-state index contributed by atoms with van der Waals surface area (Å²) in [6.45, 7) is 1.99. The Morgan fingerprint density at radius 2 is 2.38 bits per heavy atom. The smallest absolute Gasteiger partial charge is 0.260 e. The minimum Gasteiger partial charge on any atom is -0.296 e. The van der Waals surface area contributed by atoms with Crippen molar-refractivity contribution in [2.24, 2.45) is 7.05 Å². The van der Waals surface area contributed by atoms with Gasteiger partial charge in [0.05, 0.1) is 11.8 Å². The van der Waals surface area contributed by atoms with Crippen LogP contribution < -0.4 is 5.32 Å². The Bertz CT molecular complexity index is 503. The summed E-state index contributed by atoms with van der Waals surface area (Å²) >= 11 is 1.38.